The van der Waals surface area contributed by atoms with Gasteiger partial charge >= 0.3 is 0 Å². The lowest BCUT2D eigenvalue weighted by atomic mass is 9.89. The summed E-state index contributed by atoms with van der Waals surface area (Å²) in [5.74, 6) is 0.584. The molecule has 7 heteroatoms. The Hall–Kier alpha value is -0.560. The van der Waals surface area contributed by atoms with Crippen LogP contribution in [0.2, 0.25) is 0 Å². The maximum absolute atomic E-state index is 11.7. The first-order valence-electron chi connectivity index (χ1n) is 4.82. The molecule has 0 saturated heterocycles. The quantitative estimate of drug-likeness (QED) is 0.847. The Labute approximate surface area is 101 Å². The molecule has 0 atom stereocenters. The smallest absolute Gasteiger partial charge is 0.274 e. The Morgan fingerprint density at radius 3 is 2.50 bits per heavy atom. The third-order valence-corrected chi connectivity index (χ3v) is 3.87. The Balaban J connectivity index is 0.00000128. The van der Waals surface area contributed by atoms with Gasteiger partial charge < -0.3 is 10.2 Å². The highest BCUT2D eigenvalue weighted by Gasteiger charge is 2.31. The zero-order chi connectivity index (χ0) is 11.1. The van der Waals surface area contributed by atoms with Gasteiger partial charge in [0.1, 0.15) is 5.76 Å². The van der Waals surface area contributed by atoms with Crippen molar-refractivity contribution in [3.05, 3.63) is 17.9 Å². The fraction of sp³-hybridized carbons (Fsp3) is 0.556. The molecule has 92 valence electrons. The number of hydrogen-bond donors (Lipinski definition) is 2. The van der Waals surface area contributed by atoms with Crippen molar-refractivity contribution in [2.75, 3.05) is 0 Å². The molecule has 1 heterocycles. The SMILES string of the molecule is Cc1ccc(S(=O)(=O)NC2CC(N)C2)o1.Cl. The lowest BCUT2D eigenvalue weighted by molar-refractivity contribution is 0.323. The van der Waals surface area contributed by atoms with Gasteiger partial charge in [0, 0.05) is 12.1 Å². The highest BCUT2D eigenvalue weighted by Crippen LogP contribution is 2.21. The van der Waals surface area contributed by atoms with E-state index in [1.54, 1.807) is 13.0 Å². The van der Waals surface area contributed by atoms with E-state index in [-0.39, 0.29) is 29.6 Å². The number of halogens is 1. The molecular weight excluding hydrogens is 252 g/mol. The van der Waals surface area contributed by atoms with Crippen LogP contribution in [0.4, 0.5) is 0 Å². The van der Waals surface area contributed by atoms with Crippen molar-refractivity contribution >= 4 is 22.4 Å². The number of nitrogens with two attached hydrogens (primary N) is 1. The molecule has 0 bridgehead atoms. The summed E-state index contributed by atoms with van der Waals surface area (Å²) >= 11 is 0. The second kappa shape index (κ2) is 4.75. The summed E-state index contributed by atoms with van der Waals surface area (Å²) in [6.45, 7) is 1.71. The Bertz CT molecular complexity index is 451. The van der Waals surface area contributed by atoms with Crippen molar-refractivity contribution in [3.63, 3.8) is 0 Å². The van der Waals surface area contributed by atoms with Crippen LogP contribution in [-0.4, -0.2) is 20.5 Å². The summed E-state index contributed by atoms with van der Waals surface area (Å²) in [5.41, 5.74) is 5.57. The van der Waals surface area contributed by atoms with Crippen LogP contribution in [0.25, 0.3) is 0 Å². The van der Waals surface area contributed by atoms with Gasteiger partial charge in [-0.05, 0) is 31.9 Å². The molecule has 0 aliphatic heterocycles. The normalized spacial score (nSPS) is 24.6. The molecule has 0 unspecified atom stereocenters. The van der Waals surface area contributed by atoms with Gasteiger partial charge in [-0.3, -0.25) is 0 Å². The third-order valence-electron chi connectivity index (χ3n) is 2.48. The summed E-state index contributed by atoms with van der Waals surface area (Å²) < 4.78 is 31.0. The number of aryl methyl sites for hydroxylation is 1. The monoisotopic (exact) mass is 266 g/mol. The number of furan rings is 1. The van der Waals surface area contributed by atoms with Crippen LogP contribution in [0.15, 0.2) is 21.6 Å². The van der Waals surface area contributed by atoms with Crippen LogP contribution in [0.3, 0.4) is 0 Å². The Morgan fingerprint density at radius 2 is 2.06 bits per heavy atom. The summed E-state index contributed by atoms with van der Waals surface area (Å²) in [6, 6.07) is 3.16. The van der Waals surface area contributed by atoms with E-state index in [0.717, 1.165) is 0 Å². The predicted molar refractivity (Wildman–Crippen MR) is 62.0 cm³/mol. The molecule has 1 fully saturated rings. The van der Waals surface area contributed by atoms with Gasteiger partial charge in [0.25, 0.3) is 10.0 Å². The van der Waals surface area contributed by atoms with E-state index in [9.17, 15) is 8.42 Å². The fourth-order valence-corrected chi connectivity index (χ4v) is 2.83. The van der Waals surface area contributed by atoms with Crippen LogP contribution >= 0.6 is 12.4 Å². The minimum Gasteiger partial charge on any atom is -0.449 e. The average Bonchev–Trinajstić information content (AvgIpc) is 2.49. The Kier molecular flexibility index (Phi) is 4.01. The lowest BCUT2D eigenvalue weighted by Gasteiger charge is -2.32. The van der Waals surface area contributed by atoms with Crippen LogP contribution < -0.4 is 10.5 Å². The standard InChI is InChI=1S/C9H14N2O3S.ClH/c1-6-2-3-9(14-6)15(12,13)11-8-4-7(10)5-8;/h2-3,7-8,11H,4-5,10H2,1H3;1H. The maximum Gasteiger partial charge on any atom is 0.274 e. The highest BCUT2D eigenvalue weighted by atomic mass is 35.5. The summed E-state index contributed by atoms with van der Waals surface area (Å²) in [7, 11) is -3.50. The van der Waals surface area contributed by atoms with Crippen molar-refractivity contribution in [2.45, 2.75) is 36.9 Å². The molecule has 1 aliphatic rings. The van der Waals surface area contributed by atoms with Gasteiger partial charge in [-0.25, -0.2) is 13.1 Å². The van der Waals surface area contributed by atoms with Gasteiger partial charge in [-0.15, -0.1) is 12.4 Å². The van der Waals surface area contributed by atoms with E-state index in [4.69, 9.17) is 10.2 Å². The summed E-state index contributed by atoms with van der Waals surface area (Å²) in [4.78, 5) is 0. The maximum atomic E-state index is 11.7. The van der Waals surface area contributed by atoms with E-state index in [0.29, 0.717) is 18.6 Å². The average molecular weight is 267 g/mol. The lowest BCUT2D eigenvalue weighted by Crippen LogP contribution is -2.50. The molecule has 0 spiro atoms. The van der Waals surface area contributed by atoms with Crippen LogP contribution in [0.1, 0.15) is 18.6 Å². The van der Waals surface area contributed by atoms with Gasteiger partial charge in [-0.1, -0.05) is 0 Å². The van der Waals surface area contributed by atoms with E-state index >= 15 is 0 Å². The largest absolute Gasteiger partial charge is 0.449 e. The molecule has 5 nitrogen and oxygen atoms in total. The van der Waals surface area contributed by atoms with Crippen LogP contribution in [-0.2, 0) is 10.0 Å². The molecule has 0 aromatic carbocycles. The van der Waals surface area contributed by atoms with E-state index < -0.39 is 10.0 Å². The molecule has 1 saturated carbocycles. The second-order valence-corrected chi connectivity index (χ2v) is 5.56. The van der Waals surface area contributed by atoms with Crippen molar-refractivity contribution in [1.82, 2.24) is 4.72 Å². The van der Waals surface area contributed by atoms with Crippen LogP contribution in [0, 0.1) is 6.92 Å². The molecule has 16 heavy (non-hydrogen) atoms. The zero-order valence-corrected chi connectivity index (χ0v) is 10.5. The first-order chi connectivity index (χ1) is 6.97. The van der Waals surface area contributed by atoms with Gasteiger partial charge in [0.15, 0.2) is 0 Å². The molecule has 0 radical (unpaired) electrons. The molecule has 3 N–H and O–H groups in total. The van der Waals surface area contributed by atoms with Crippen molar-refractivity contribution in [3.8, 4) is 0 Å². The number of sulfonamides is 1. The van der Waals surface area contributed by atoms with Crippen LogP contribution in [0.5, 0.6) is 0 Å². The Morgan fingerprint density at radius 1 is 1.44 bits per heavy atom. The number of hydrogen-bond acceptors (Lipinski definition) is 4. The van der Waals surface area contributed by atoms with Gasteiger partial charge in [0.2, 0.25) is 5.09 Å². The van der Waals surface area contributed by atoms with E-state index in [1.807, 2.05) is 0 Å². The topological polar surface area (TPSA) is 85.3 Å². The number of rotatable bonds is 3. The minimum atomic E-state index is -3.50. The third kappa shape index (κ3) is 2.76. The van der Waals surface area contributed by atoms with Crippen molar-refractivity contribution in [2.24, 2.45) is 5.73 Å². The van der Waals surface area contributed by atoms with Crippen molar-refractivity contribution < 1.29 is 12.8 Å². The molecule has 1 aromatic rings. The molecule has 2 rings (SSSR count). The van der Waals surface area contributed by atoms with Gasteiger partial charge in [-0.2, -0.15) is 0 Å². The molecule has 0 amide bonds. The molecule has 1 aromatic heterocycles. The van der Waals surface area contributed by atoms with Gasteiger partial charge in [0.05, 0.1) is 0 Å². The highest BCUT2D eigenvalue weighted by molar-refractivity contribution is 7.89. The fourth-order valence-electron chi connectivity index (χ4n) is 1.59. The first kappa shape index (κ1) is 13.5. The zero-order valence-electron chi connectivity index (χ0n) is 8.84. The van der Waals surface area contributed by atoms with Crippen molar-refractivity contribution in [1.29, 1.82) is 0 Å². The second-order valence-electron chi connectivity index (χ2n) is 3.91. The van der Waals surface area contributed by atoms with E-state index in [1.165, 1.54) is 6.07 Å². The van der Waals surface area contributed by atoms with E-state index in [2.05, 4.69) is 4.72 Å². The molecular formula is C9H15ClN2O3S. The summed E-state index contributed by atoms with van der Waals surface area (Å²) in [5, 5.41) is -0.0273. The summed E-state index contributed by atoms with van der Waals surface area (Å²) in [6.07, 6.45) is 1.39. The molecule has 1 aliphatic carbocycles. The first-order valence-corrected chi connectivity index (χ1v) is 6.30. The minimum absolute atomic E-state index is 0. The number of nitrogens with one attached hydrogen (secondary N) is 1. The predicted octanol–water partition coefficient (Wildman–Crippen LogP) is 0.778.